The second-order valence-electron chi connectivity index (χ2n) is 6.26. The topological polar surface area (TPSA) is 120 Å². The summed E-state index contributed by atoms with van der Waals surface area (Å²) < 4.78 is 14.7. The molecule has 1 unspecified atom stereocenters. The van der Waals surface area contributed by atoms with Crippen molar-refractivity contribution in [1.29, 1.82) is 0 Å². The number of allylic oxidation sites excluding steroid dienone is 3. The van der Waals surface area contributed by atoms with Gasteiger partial charge in [-0.15, -0.1) is 0 Å². The molecule has 0 saturated carbocycles. The van der Waals surface area contributed by atoms with Gasteiger partial charge in [-0.05, 0) is 26.8 Å². The molecule has 1 aliphatic heterocycles. The molecule has 1 saturated heterocycles. The van der Waals surface area contributed by atoms with Crippen molar-refractivity contribution in [2.45, 2.75) is 33.6 Å². The summed E-state index contributed by atoms with van der Waals surface area (Å²) in [4.78, 5) is 51.8. The van der Waals surface area contributed by atoms with Crippen LogP contribution in [0.3, 0.4) is 0 Å². The Bertz CT molecular complexity index is 766. The van der Waals surface area contributed by atoms with Crippen LogP contribution in [0.15, 0.2) is 28.4 Å². The molecule has 9 nitrogen and oxygen atoms in total. The maximum absolute atomic E-state index is 12.3. The van der Waals surface area contributed by atoms with Gasteiger partial charge in [0.1, 0.15) is 13.2 Å². The minimum atomic E-state index is -1.46. The van der Waals surface area contributed by atoms with E-state index >= 15 is 0 Å². The van der Waals surface area contributed by atoms with Gasteiger partial charge in [0.05, 0.1) is 19.6 Å². The zero-order valence-corrected chi connectivity index (χ0v) is 16.2. The Labute approximate surface area is 162 Å². The lowest BCUT2D eigenvalue weighted by Gasteiger charge is -2.21. The number of nitrogens with one attached hydrogen (secondary N) is 1. The van der Waals surface area contributed by atoms with E-state index in [4.69, 9.17) is 14.2 Å². The maximum atomic E-state index is 12.3. The molecule has 1 amide bonds. The van der Waals surface area contributed by atoms with Gasteiger partial charge in [0.2, 0.25) is 5.91 Å². The normalized spacial score (nSPS) is 22.0. The average molecular weight is 392 g/mol. The molecule has 1 fully saturated rings. The first-order valence-corrected chi connectivity index (χ1v) is 9.08. The largest absolute Gasteiger partial charge is 0.466 e. The minimum absolute atomic E-state index is 0.0159. The molecule has 9 heteroatoms. The van der Waals surface area contributed by atoms with Crippen molar-refractivity contribution < 1.29 is 33.4 Å². The summed E-state index contributed by atoms with van der Waals surface area (Å²) in [5.74, 6) is -2.11. The fourth-order valence-corrected chi connectivity index (χ4v) is 2.80. The first kappa shape index (κ1) is 21.3. The van der Waals surface area contributed by atoms with Crippen LogP contribution in [0.25, 0.3) is 0 Å². The van der Waals surface area contributed by atoms with Gasteiger partial charge < -0.3 is 19.5 Å². The number of hydrogen-bond donors (Lipinski definition) is 1. The van der Waals surface area contributed by atoms with Gasteiger partial charge in [-0.2, -0.15) is 0 Å². The predicted octanol–water partition coefficient (Wildman–Crippen LogP) is 0.837. The number of carbonyl (C=O) groups is 4. The second-order valence-corrected chi connectivity index (χ2v) is 6.26. The van der Waals surface area contributed by atoms with E-state index in [1.54, 1.807) is 26.0 Å². The minimum Gasteiger partial charge on any atom is -0.466 e. The van der Waals surface area contributed by atoms with Gasteiger partial charge in [-0.3, -0.25) is 24.2 Å². The highest BCUT2D eigenvalue weighted by atomic mass is 16.5. The van der Waals surface area contributed by atoms with E-state index in [2.05, 4.69) is 10.3 Å². The van der Waals surface area contributed by atoms with Gasteiger partial charge in [0, 0.05) is 23.4 Å². The smallest absolute Gasteiger partial charge is 0.327 e. The van der Waals surface area contributed by atoms with Crippen molar-refractivity contribution >= 4 is 29.5 Å². The molecule has 1 N–H and O–H groups in total. The van der Waals surface area contributed by atoms with Crippen LogP contribution in [0.1, 0.15) is 33.6 Å². The molecule has 1 heterocycles. The predicted molar refractivity (Wildman–Crippen MR) is 98.2 cm³/mol. The van der Waals surface area contributed by atoms with Crippen LogP contribution in [0.2, 0.25) is 0 Å². The zero-order chi connectivity index (χ0) is 20.7. The Kier molecular flexibility index (Phi) is 7.08. The van der Waals surface area contributed by atoms with Crippen LogP contribution < -0.4 is 5.32 Å². The standard InChI is InChI=1S/C19H24N2O7/c1-4-26-15(22)8-9-28-16(23)11-20-12-6-7-14-13(10-12)19(3,17(24)21-14)18(25)27-5-2/h7,10H,4-6,8-9,11H2,1-3H3,(H,21,24). The Morgan fingerprint density at radius 1 is 1.14 bits per heavy atom. The van der Waals surface area contributed by atoms with Crippen LogP contribution in [0.5, 0.6) is 0 Å². The summed E-state index contributed by atoms with van der Waals surface area (Å²) >= 11 is 0. The van der Waals surface area contributed by atoms with E-state index in [0.717, 1.165) is 0 Å². The molecule has 0 aromatic heterocycles. The van der Waals surface area contributed by atoms with Crippen LogP contribution in [-0.2, 0) is 33.4 Å². The molecular weight excluding hydrogens is 368 g/mol. The highest BCUT2D eigenvalue weighted by Crippen LogP contribution is 2.40. The quantitative estimate of drug-likeness (QED) is 0.369. The number of carbonyl (C=O) groups excluding carboxylic acids is 4. The summed E-state index contributed by atoms with van der Waals surface area (Å²) in [6.07, 6.45) is 3.74. The van der Waals surface area contributed by atoms with Crippen LogP contribution in [0.4, 0.5) is 0 Å². The van der Waals surface area contributed by atoms with Crippen LogP contribution in [-0.4, -0.2) is 55.9 Å². The highest BCUT2D eigenvalue weighted by Gasteiger charge is 2.53. The Hall–Kier alpha value is -2.97. The molecule has 28 heavy (non-hydrogen) atoms. The van der Waals surface area contributed by atoms with Gasteiger partial charge >= 0.3 is 17.9 Å². The molecule has 152 valence electrons. The maximum Gasteiger partial charge on any atom is 0.327 e. The lowest BCUT2D eigenvalue weighted by Crippen LogP contribution is -2.38. The van der Waals surface area contributed by atoms with Crippen molar-refractivity contribution in [1.82, 2.24) is 5.32 Å². The third-order valence-corrected chi connectivity index (χ3v) is 4.33. The fraction of sp³-hybridized carbons (Fsp3) is 0.526. The number of nitrogens with zero attached hydrogens (tertiary/aromatic N) is 1. The molecule has 1 aliphatic carbocycles. The van der Waals surface area contributed by atoms with E-state index in [1.807, 2.05) is 0 Å². The number of fused-ring (bicyclic) bond motifs is 1. The lowest BCUT2D eigenvalue weighted by molar-refractivity contribution is -0.156. The van der Waals surface area contributed by atoms with Crippen molar-refractivity contribution in [3.8, 4) is 0 Å². The van der Waals surface area contributed by atoms with Crippen molar-refractivity contribution in [2.75, 3.05) is 26.4 Å². The molecule has 0 bridgehead atoms. The van der Waals surface area contributed by atoms with E-state index in [9.17, 15) is 19.2 Å². The molecule has 0 aromatic rings. The Morgan fingerprint density at radius 3 is 2.54 bits per heavy atom. The monoisotopic (exact) mass is 392 g/mol. The third-order valence-electron chi connectivity index (χ3n) is 4.33. The van der Waals surface area contributed by atoms with Gasteiger partial charge in [0.15, 0.2) is 5.41 Å². The Balaban J connectivity index is 2.01. The lowest BCUT2D eigenvalue weighted by atomic mass is 9.80. The summed E-state index contributed by atoms with van der Waals surface area (Å²) in [5, 5.41) is 2.68. The summed E-state index contributed by atoms with van der Waals surface area (Å²) in [6.45, 7) is 4.98. The van der Waals surface area contributed by atoms with Gasteiger partial charge in [0.25, 0.3) is 0 Å². The van der Waals surface area contributed by atoms with Crippen molar-refractivity contribution in [3.05, 3.63) is 23.4 Å². The number of esters is 3. The van der Waals surface area contributed by atoms with Crippen LogP contribution >= 0.6 is 0 Å². The molecule has 2 rings (SSSR count). The molecule has 0 radical (unpaired) electrons. The molecule has 1 atom stereocenters. The van der Waals surface area contributed by atoms with E-state index in [0.29, 0.717) is 23.4 Å². The summed E-state index contributed by atoms with van der Waals surface area (Å²) in [6, 6.07) is 0. The SMILES string of the molecule is CCOC(=O)CCOC(=O)CN=C1C=C2C(=CC1)NC(=O)C2(C)C(=O)OCC. The van der Waals surface area contributed by atoms with Gasteiger partial charge in [-0.1, -0.05) is 6.08 Å². The third kappa shape index (κ3) is 4.65. The fourth-order valence-electron chi connectivity index (χ4n) is 2.80. The van der Waals surface area contributed by atoms with Gasteiger partial charge in [-0.25, -0.2) is 0 Å². The number of rotatable bonds is 8. The van der Waals surface area contributed by atoms with Crippen LogP contribution in [0, 0.1) is 5.41 Å². The molecular formula is C19H24N2O7. The van der Waals surface area contributed by atoms with E-state index < -0.39 is 29.2 Å². The highest BCUT2D eigenvalue weighted by molar-refractivity contribution is 6.13. The summed E-state index contributed by atoms with van der Waals surface area (Å²) in [7, 11) is 0. The number of amides is 1. The van der Waals surface area contributed by atoms with Crippen molar-refractivity contribution in [3.63, 3.8) is 0 Å². The summed E-state index contributed by atoms with van der Waals surface area (Å²) in [5.41, 5.74) is 0.102. The second kappa shape index (κ2) is 9.29. The zero-order valence-electron chi connectivity index (χ0n) is 16.2. The van der Waals surface area contributed by atoms with E-state index in [-0.39, 0.29) is 32.8 Å². The van der Waals surface area contributed by atoms with E-state index in [1.165, 1.54) is 6.92 Å². The molecule has 2 aliphatic rings. The van der Waals surface area contributed by atoms with Crippen molar-refractivity contribution in [2.24, 2.45) is 10.4 Å². The number of hydrogen-bond acceptors (Lipinski definition) is 8. The number of aliphatic imine (C=N–C) groups is 1. The average Bonchev–Trinajstić information content (AvgIpc) is 2.92. The molecule has 0 spiro atoms. The number of ether oxygens (including phenoxy) is 3. The first-order chi connectivity index (χ1) is 13.3. The Morgan fingerprint density at radius 2 is 1.86 bits per heavy atom. The molecule has 0 aromatic carbocycles. The first-order valence-electron chi connectivity index (χ1n) is 9.08.